The van der Waals surface area contributed by atoms with E-state index in [4.69, 9.17) is 4.42 Å². The van der Waals surface area contributed by atoms with Crippen LogP contribution in [-0.4, -0.2) is 0 Å². The van der Waals surface area contributed by atoms with Crippen molar-refractivity contribution in [3.8, 4) is 28.5 Å². The maximum Gasteiger partial charge on any atom is 0.216 e. The molecule has 0 aliphatic rings. The van der Waals surface area contributed by atoms with Gasteiger partial charge in [-0.2, -0.15) is 5.26 Å². The Hall–Kier alpha value is -3.90. The lowest BCUT2D eigenvalue weighted by molar-refractivity contribution is -0.660. The molecule has 5 rings (SSSR count). The number of hydrogen-bond donors (Lipinski definition) is 0. The van der Waals surface area contributed by atoms with Crippen molar-refractivity contribution in [2.24, 2.45) is 13.0 Å². The molecule has 0 radical (unpaired) electrons. The highest BCUT2D eigenvalue weighted by Crippen LogP contribution is 2.42. The van der Waals surface area contributed by atoms with Crippen molar-refractivity contribution in [1.29, 1.82) is 5.26 Å². The van der Waals surface area contributed by atoms with Crippen LogP contribution in [0.25, 0.3) is 44.3 Å². The lowest BCUT2D eigenvalue weighted by atomic mass is 9.91. The highest BCUT2D eigenvalue weighted by molar-refractivity contribution is 6.14. The predicted octanol–water partition coefficient (Wildman–Crippen LogP) is 7.43. The summed E-state index contributed by atoms with van der Waals surface area (Å²) < 4.78 is 8.81. The van der Waals surface area contributed by atoms with Crippen LogP contribution >= 0.6 is 0 Å². The second kappa shape index (κ2) is 8.47. The normalized spacial score (nSPS) is 11.4. The molecule has 3 aromatic carbocycles. The van der Waals surface area contributed by atoms with Crippen LogP contribution in [0.2, 0.25) is 0 Å². The van der Waals surface area contributed by atoms with Crippen LogP contribution in [0, 0.1) is 31.1 Å². The van der Waals surface area contributed by atoms with E-state index in [9.17, 15) is 5.26 Å². The van der Waals surface area contributed by atoms with Crippen molar-refractivity contribution in [3.05, 3.63) is 89.1 Å². The number of rotatable bonds is 4. The molecule has 0 saturated carbocycles. The highest BCUT2D eigenvalue weighted by atomic mass is 16.3. The Morgan fingerprint density at radius 1 is 0.882 bits per heavy atom. The van der Waals surface area contributed by atoms with Crippen molar-refractivity contribution >= 4 is 21.9 Å². The van der Waals surface area contributed by atoms with E-state index >= 15 is 0 Å². The second-order valence-electron chi connectivity index (χ2n) is 9.66. The fraction of sp³-hybridized carbons (Fsp3) is 0.226. The first-order valence-corrected chi connectivity index (χ1v) is 11.8. The summed E-state index contributed by atoms with van der Waals surface area (Å²) in [4.78, 5) is 0. The zero-order valence-corrected chi connectivity index (χ0v) is 20.4. The van der Waals surface area contributed by atoms with Gasteiger partial charge in [0.1, 0.15) is 18.2 Å². The fourth-order valence-electron chi connectivity index (χ4n) is 5.07. The summed E-state index contributed by atoms with van der Waals surface area (Å²) >= 11 is 0. The minimum atomic E-state index is 0.597. The third-order valence-corrected chi connectivity index (χ3v) is 6.65. The number of nitriles is 1. The first-order valence-electron chi connectivity index (χ1n) is 11.8. The molecule has 0 bridgehead atoms. The largest absolute Gasteiger partial charge is 0.454 e. The van der Waals surface area contributed by atoms with E-state index in [0.717, 1.165) is 61.9 Å². The summed E-state index contributed by atoms with van der Waals surface area (Å²) in [5.74, 6) is 0.597. The minimum absolute atomic E-state index is 0.597. The van der Waals surface area contributed by atoms with Crippen molar-refractivity contribution < 1.29 is 8.98 Å². The highest BCUT2D eigenvalue weighted by Gasteiger charge is 2.23. The molecule has 0 N–H and O–H groups in total. The van der Waals surface area contributed by atoms with E-state index in [1.54, 1.807) is 0 Å². The van der Waals surface area contributed by atoms with Crippen LogP contribution in [0.1, 0.15) is 36.1 Å². The average Bonchev–Trinajstić information content (AvgIpc) is 3.18. The van der Waals surface area contributed by atoms with Gasteiger partial charge in [-0.3, -0.25) is 0 Å². The van der Waals surface area contributed by atoms with E-state index in [0.29, 0.717) is 11.5 Å². The molecule has 0 spiro atoms. The number of aromatic nitrogens is 1. The number of fused-ring (bicyclic) bond motifs is 3. The van der Waals surface area contributed by atoms with E-state index in [2.05, 4.69) is 94.0 Å². The molecule has 2 aromatic heterocycles. The monoisotopic (exact) mass is 445 g/mol. The maximum absolute atomic E-state index is 10.00. The zero-order valence-electron chi connectivity index (χ0n) is 20.4. The van der Waals surface area contributed by atoms with Gasteiger partial charge in [-0.25, -0.2) is 4.57 Å². The Kier molecular flexibility index (Phi) is 5.46. The van der Waals surface area contributed by atoms with E-state index in [1.807, 2.05) is 18.2 Å². The van der Waals surface area contributed by atoms with Gasteiger partial charge >= 0.3 is 0 Å². The summed E-state index contributed by atoms with van der Waals surface area (Å²) in [6, 6.07) is 23.4. The lowest BCUT2D eigenvalue weighted by Gasteiger charge is -2.12. The van der Waals surface area contributed by atoms with Crippen LogP contribution in [0.15, 0.2) is 71.3 Å². The number of aryl methyl sites for hydroxylation is 3. The molecular weight excluding hydrogens is 416 g/mol. The van der Waals surface area contributed by atoms with E-state index in [1.165, 1.54) is 5.56 Å². The second-order valence-corrected chi connectivity index (χ2v) is 9.66. The molecule has 3 heteroatoms. The van der Waals surface area contributed by atoms with Gasteiger partial charge in [-0.15, -0.1) is 0 Å². The Morgan fingerprint density at radius 3 is 2.29 bits per heavy atom. The Labute approximate surface area is 200 Å². The van der Waals surface area contributed by atoms with Crippen LogP contribution in [0.4, 0.5) is 0 Å². The SMILES string of the molecule is Cc1cc(CC(C)C)ccc1-c1c(C#N)ccc2c1oc1c(-c3cccc[n+]3C)c(C)ccc12. The van der Waals surface area contributed by atoms with Gasteiger partial charge in [-0.1, -0.05) is 44.2 Å². The summed E-state index contributed by atoms with van der Waals surface area (Å²) in [6.45, 7) is 8.71. The molecular formula is C31H29N2O+. The summed E-state index contributed by atoms with van der Waals surface area (Å²) in [6.07, 6.45) is 3.09. The molecule has 168 valence electrons. The lowest BCUT2D eigenvalue weighted by Crippen LogP contribution is -2.30. The van der Waals surface area contributed by atoms with Gasteiger partial charge in [0.15, 0.2) is 6.20 Å². The number of hydrogen-bond acceptors (Lipinski definition) is 2. The Morgan fingerprint density at radius 2 is 1.62 bits per heavy atom. The van der Waals surface area contributed by atoms with E-state index < -0.39 is 0 Å². The molecule has 0 unspecified atom stereocenters. The minimum Gasteiger partial charge on any atom is -0.454 e. The van der Waals surface area contributed by atoms with Gasteiger partial charge in [0.25, 0.3) is 0 Å². The molecule has 3 nitrogen and oxygen atoms in total. The molecule has 0 saturated heterocycles. The van der Waals surface area contributed by atoms with Gasteiger partial charge in [0.05, 0.1) is 17.2 Å². The molecule has 0 atom stereocenters. The van der Waals surface area contributed by atoms with Crippen molar-refractivity contribution in [3.63, 3.8) is 0 Å². The fourth-order valence-corrected chi connectivity index (χ4v) is 5.07. The number of furan rings is 1. The first kappa shape index (κ1) is 21.9. The zero-order chi connectivity index (χ0) is 24.0. The van der Waals surface area contributed by atoms with Crippen molar-refractivity contribution in [2.75, 3.05) is 0 Å². The number of benzene rings is 3. The average molecular weight is 446 g/mol. The van der Waals surface area contributed by atoms with Gasteiger partial charge in [-0.05, 0) is 66.6 Å². The number of pyridine rings is 1. The third kappa shape index (κ3) is 3.56. The van der Waals surface area contributed by atoms with Crippen LogP contribution in [0.5, 0.6) is 0 Å². The first-order chi connectivity index (χ1) is 16.4. The molecule has 34 heavy (non-hydrogen) atoms. The third-order valence-electron chi connectivity index (χ3n) is 6.65. The summed E-state index contributed by atoms with van der Waals surface area (Å²) in [7, 11) is 2.05. The number of nitrogens with zero attached hydrogens (tertiary/aromatic N) is 2. The van der Waals surface area contributed by atoms with Crippen LogP contribution in [0.3, 0.4) is 0 Å². The van der Waals surface area contributed by atoms with Crippen molar-refractivity contribution in [1.82, 2.24) is 0 Å². The molecule has 0 fully saturated rings. The Bertz CT molecular complexity index is 1600. The standard InChI is InChI=1S/C31H29N2O/c1-19(2)16-22-10-13-24(21(4)17-22)29-23(18-32)11-14-26-25-12-9-20(3)28(30(25)34-31(26)29)27-8-6-7-15-33(27)5/h6-15,17,19H,16H2,1-5H3/q+1. The van der Waals surface area contributed by atoms with E-state index in [-0.39, 0.29) is 0 Å². The smallest absolute Gasteiger partial charge is 0.216 e. The summed E-state index contributed by atoms with van der Waals surface area (Å²) in [5, 5.41) is 12.1. The topological polar surface area (TPSA) is 40.8 Å². The molecule has 0 amide bonds. The van der Waals surface area contributed by atoms with Crippen LogP contribution in [-0.2, 0) is 13.5 Å². The molecule has 0 aliphatic heterocycles. The van der Waals surface area contributed by atoms with Gasteiger partial charge in [0.2, 0.25) is 5.69 Å². The predicted molar refractivity (Wildman–Crippen MR) is 138 cm³/mol. The quantitative estimate of drug-likeness (QED) is 0.270. The van der Waals surface area contributed by atoms with Crippen LogP contribution < -0.4 is 4.57 Å². The molecule has 0 aliphatic carbocycles. The van der Waals surface area contributed by atoms with Gasteiger partial charge < -0.3 is 4.42 Å². The van der Waals surface area contributed by atoms with Gasteiger partial charge in [0, 0.05) is 28.5 Å². The molecule has 5 aromatic rings. The Balaban J connectivity index is 1.83. The molecule has 2 heterocycles. The maximum atomic E-state index is 10.00. The van der Waals surface area contributed by atoms with Crippen molar-refractivity contribution in [2.45, 2.75) is 34.1 Å². The summed E-state index contributed by atoms with van der Waals surface area (Å²) in [5.41, 5.74) is 10.0.